The second-order valence-electron chi connectivity index (χ2n) is 5.19. The van der Waals surface area contributed by atoms with E-state index in [4.69, 9.17) is 9.47 Å². The lowest BCUT2D eigenvalue weighted by atomic mass is 9.99. The van der Waals surface area contributed by atoms with Gasteiger partial charge in [-0.25, -0.2) is 0 Å². The summed E-state index contributed by atoms with van der Waals surface area (Å²) in [6.07, 6.45) is 2.53. The van der Waals surface area contributed by atoms with Crippen molar-refractivity contribution in [2.24, 2.45) is 5.92 Å². The zero-order valence-electron chi connectivity index (χ0n) is 12.5. The van der Waals surface area contributed by atoms with Gasteiger partial charge in [-0.3, -0.25) is 9.59 Å². The molecule has 1 aliphatic rings. The van der Waals surface area contributed by atoms with Crippen molar-refractivity contribution in [2.75, 3.05) is 25.2 Å². The fourth-order valence-electron chi connectivity index (χ4n) is 2.31. The highest BCUT2D eigenvalue weighted by atomic mass is 79.9. The summed E-state index contributed by atoms with van der Waals surface area (Å²) in [6.45, 7) is -0.209. The highest BCUT2D eigenvalue weighted by Crippen LogP contribution is 2.26. The monoisotopic (exact) mass is 386 g/mol. The van der Waals surface area contributed by atoms with Crippen molar-refractivity contribution in [3.05, 3.63) is 28.2 Å². The molecule has 1 heterocycles. The highest BCUT2D eigenvalue weighted by molar-refractivity contribution is 9.10. The lowest BCUT2D eigenvalue weighted by Crippen LogP contribution is -2.19. The predicted molar refractivity (Wildman–Crippen MR) is 90.6 cm³/mol. The van der Waals surface area contributed by atoms with Crippen LogP contribution in [0, 0.1) is 5.92 Å². The van der Waals surface area contributed by atoms with Crippen LogP contribution in [0.4, 0.5) is 0 Å². The minimum Gasteiger partial charge on any atom is -0.496 e. The molecule has 0 aromatic heterocycles. The molecule has 0 bridgehead atoms. The van der Waals surface area contributed by atoms with Crippen molar-refractivity contribution in [2.45, 2.75) is 19.3 Å². The molecule has 0 aliphatic carbocycles. The van der Waals surface area contributed by atoms with Gasteiger partial charge < -0.3 is 9.47 Å². The van der Waals surface area contributed by atoms with Crippen LogP contribution in [-0.4, -0.2) is 37.0 Å². The Labute approximate surface area is 143 Å². The van der Waals surface area contributed by atoms with Gasteiger partial charge in [-0.15, -0.1) is 0 Å². The number of benzene rings is 1. The maximum atomic E-state index is 12.1. The lowest BCUT2D eigenvalue weighted by molar-refractivity contribution is -0.143. The maximum absolute atomic E-state index is 12.1. The molecule has 2 rings (SSSR count). The Bertz CT molecular complexity index is 541. The number of rotatable bonds is 6. The molecule has 22 heavy (non-hydrogen) atoms. The Balaban J connectivity index is 1.81. The van der Waals surface area contributed by atoms with Gasteiger partial charge >= 0.3 is 5.97 Å². The number of carbonyl (C=O) groups excluding carboxylic acids is 2. The Hall–Kier alpha value is -1.01. The van der Waals surface area contributed by atoms with Gasteiger partial charge in [0.1, 0.15) is 5.75 Å². The third-order valence-corrected chi connectivity index (χ3v) is 5.30. The molecule has 0 saturated carbocycles. The third kappa shape index (κ3) is 5.02. The number of Topliss-reactive ketones (excluding diaryl/α,β-unsaturated/α-hetero) is 1. The molecule has 6 heteroatoms. The van der Waals surface area contributed by atoms with Crippen LogP contribution in [0.1, 0.15) is 29.6 Å². The molecule has 0 amide bonds. The van der Waals surface area contributed by atoms with Gasteiger partial charge in [0, 0.05) is 12.0 Å². The van der Waals surface area contributed by atoms with Crippen LogP contribution in [-0.2, 0) is 9.53 Å². The number of hydrogen-bond donors (Lipinski definition) is 0. The molecule has 1 aromatic rings. The summed E-state index contributed by atoms with van der Waals surface area (Å²) < 4.78 is 10.9. The summed E-state index contributed by atoms with van der Waals surface area (Å²) >= 11 is 5.26. The van der Waals surface area contributed by atoms with Crippen molar-refractivity contribution >= 4 is 39.4 Å². The lowest BCUT2D eigenvalue weighted by Gasteiger charge is -2.20. The maximum Gasteiger partial charge on any atom is 0.306 e. The zero-order valence-corrected chi connectivity index (χ0v) is 14.9. The number of thioether (sulfide) groups is 1. The molecule has 0 spiro atoms. The Kier molecular flexibility index (Phi) is 6.76. The van der Waals surface area contributed by atoms with E-state index in [-0.39, 0.29) is 18.4 Å². The molecule has 0 N–H and O–H groups in total. The summed E-state index contributed by atoms with van der Waals surface area (Å²) in [4.78, 5) is 23.9. The average Bonchev–Trinajstić information content (AvgIpc) is 2.53. The summed E-state index contributed by atoms with van der Waals surface area (Å²) in [5.74, 6) is 2.78. The number of esters is 1. The first-order chi connectivity index (χ1) is 10.6. The van der Waals surface area contributed by atoms with E-state index in [9.17, 15) is 9.59 Å². The van der Waals surface area contributed by atoms with E-state index in [1.54, 1.807) is 25.3 Å². The Morgan fingerprint density at radius 3 is 2.68 bits per heavy atom. The van der Waals surface area contributed by atoms with Gasteiger partial charge in [0.25, 0.3) is 0 Å². The van der Waals surface area contributed by atoms with Crippen LogP contribution in [0.25, 0.3) is 0 Å². The third-order valence-electron chi connectivity index (χ3n) is 3.63. The Morgan fingerprint density at radius 1 is 1.32 bits per heavy atom. The topological polar surface area (TPSA) is 52.6 Å². The number of hydrogen-bond acceptors (Lipinski definition) is 5. The van der Waals surface area contributed by atoms with Gasteiger partial charge in [-0.1, -0.05) is 0 Å². The molecule has 1 aliphatic heterocycles. The van der Waals surface area contributed by atoms with Crippen molar-refractivity contribution < 1.29 is 19.1 Å². The Morgan fingerprint density at radius 2 is 2.05 bits per heavy atom. The first kappa shape index (κ1) is 17.3. The van der Waals surface area contributed by atoms with Gasteiger partial charge in [-0.05, 0) is 64.4 Å². The summed E-state index contributed by atoms with van der Waals surface area (Å²) in [5, 5.41) is 0. The molecular weight excluding hydrogens is 368 g/mol. The zero-order chi connectivity index (χ0) is 15.9. The first-order valence-electron chi connectivity index (χ1n) is 7.20. The summed E-state index contributed by atoms with van der Waals surface area (Å²) in [6, 6.07) is 5.05. The molecule has 120 valence electrons. The minimum absolute atomic E-state index is 0.209. The molecule has 1 saturated heterocycles. The SMILES string of the molecule is COc1ccc(C(=O)COC(=O)CC2CCSCC2)cc1Br. The second-order valence-corrected chi connectivity index (χ2v) is 7.27. The van der Waals surface area contributed by atoms with E-state index in [2.05, 4.69) is 15.9 Å². The van der Waals surface area contributed by atoms with Gasteiger partial charge in [0.15, 0.2) is 12.4 Å². The van der Waals surface area contributed by atoms with Gasteiger partial charge in [-0.2, -0.15) is 11.8 Å². The smallest absolute Gasteiger partial charge is 0.306 e. The molecule has 1 fully saturated rings. The number of methoxy groups -OCH3 is 1. The number of ketones is 1. The van der Waals surface area contributed by atoms with Crippen LogP contribution in [0.5, 0.6) is 5.75 Å². The number of carbonyl (C=O) groups is 2. The van der Waals surface area contributed by atoms with Crippen molar-refractivity contribution in [3.63, 3.8) is 0 Å². The molecular formula is C16H19BrO4S. The highest BCUT2D eigenvalue weighted by Gasteiger charge is 2.19. The first-order valence-corrected chi connectivity index (χ1v) is 9.15. The second kappa shape index (κ2) is 8.58. The van der Waals surface area contributed by atoms with Crippen LogP contribution >= 0.6 is 27.7 Å². The van der Waals surface area contributed by atoms with E-state index in [0.29, 0.717) is 28.1 Å². The van der Waals surface area contributed by atoms with Crippen molar-refractivity contribution in [3.8, 4) is 5.75 Å². The quantitative estimate of drug-likeness (QED) is 0.550. The summed E-state index contributed by atoms with van der Waals surface area (Å²) in [5.41, 5.74) is 0.495. The standard InChI is InChI=1S/C16H19BrO4S/c1-20-15-3-2-12(9-13(15)17)14(18)10-21-16(19)8-11-4-6-22-7-5-11/h2-3,9,11H,4-8,10H2,1H3. The van der Waals surface area contributed by atoms with Crippen molar-refractivity contribution in [1.82, 2.24) is 0 Å². The average molecular weight is 387 g/mol. The normalized spacial score (nSPS) is 15.4. The summed E-state index contributed by atoms with van der Waals surface area (Å²) in [7, 11) is 1.56. The molecule has 0 unspecified atom stereocenters. The van der Waals surface area contributed by atoms with E-state index in [1.165, 1.54) is 0 Å². The van der Waals surface area contributed by atoms with E-state index >= 15 is 0 Å². The van der Waals surface area contributed by atoms with E-state index in [1.807, 2.05) is 11.8 Å². The molecule has 0 radical (unpaired) electrons. The van der Waals surface area contributed by atoms with Crippen LogP contribution in [0.3, 0.4) is 0 Å². The minimum atomic E-state index is -0.280. The van der Waals surface area contributed by atoms with Gasteiger partial charge in [0.2, 0.25) is 0 Å². The van der Waals surface area contributed by atoms with Crippen LogP contribution in [0.2, 0.25) is 0 Å². The molecule has 4 nitrogen and oxygen atoms in total. The number of halogens is 1. The fourth-order valence-corrected chi connectivity index (χ4v) is 4.06. The van der Waals surface area contributed by atoms with E-state index < -0.39 is 0 Å². The predicted octanol–water partition coefficient (Wildman–Crippen LogP) is 3.72. The number of ether oxygens (including phenoxy) is 2. The van der Waals surface area contributed by atoms with Crippen LogP contribution in [0.15, 0.2) is 22.7 Å². The van der Waals surface area contributed by atoms with Crippen LogP contribution < -0.4 is 4.74 Å². The molecule has 1 aromatic carbocycles. The fraction of sp³-hybridized carbons (Fsp3) is 0.500. The van der Waals surface area contributed by atoms with E-state index in [0.717, 1.165) is 24.3 Å². The van der Waals surface area contributed by atoms with Gasteiger partial charge in [0.05, 0.1) is 11.6 Å². The van der Waals surface area contributed by atoms with Crippen molar-refractivity contribution in [1.29, 1.82) is 0 Å². The molecule has 0 atom stereocenters. The largest absolute Gasteiger partial charge is 0.496 e.